The number of aromatic nitrogens is 1. The van der Waals surface area contributed by atoms with E-state index in [4.69, 9.17) is 45.9 Å². The molecule has 0 bridgehead atoms. The van der Waals surface area contributed by atoms with Crippen LogP contribution in [-0.4, -0.2) is 39.8 Å². The molecule has 0 radical (unpaired) electrons. The number of nitrogens with zero attached hydrogens (tertiary/aromatic N) is 2. The van der Waals surface area contributed by atoms with Crippen molar-refractivity contribution in [2.75, 3.05) is 24.1 Å². The Balaban J connectivity index is 2.01. The van der Waals surface area contributed by atoms with Gasteiger partial charge in [0, 0.05) is 29.7 Å². The third-order valence-electron chi connectivity index (χ3n) is 4.23. The maximum atomic E-state index is 13.1. The molecular formula is C22H28Cl2FN5O2S. The molecule has 0 unspecified atom stereocenters. The lowest BCUT2D eigenvalue weighted by Gasteiger charge is -2.29. The number of carbonyl (C=O) groups is 1. The molecule has 2 rings (SSSR count). The van der Waals surface area contributed by atoms with E-state index in [9.17, 15) is 9.18 Å². The van der Waals surface area contributed by atoms with Crippen molar-refractivity contribution >= 4 is 58.1 Å². The highest BCUT2D eigenvalue weighted by Crippen LogP contribution is 2.22. The number of hydrogen-bond acceptors (Lipinski definition) is 5. The van der Waals surface area contributed by atoms with Crippen LogP contribution in [0.25, 0.3) is 0 Å². The zero-order valence-electron chi connectivity index (χ0n) is 18.9. The van der Waals surface area contributed by atoms with Gasteiger partial charge in [-0.25, -0.2) is 9.78 Å². The SMILES string of the molecule is C[C@H](CNC(=S)Nc1ccc(F)nc1N)CN(Cc1cc(Cl)cc(Cl)c1)C(=O)OC(C)(C)C. The Morgan fingerprint density at radius 2 is 1.91 bits per heavy atom. The van der Waals surface area contributed by atoms with Gasteiger partial charge in [-0.2, -0.15) is 4.39 Å². The highest BCUT2D eigenvalue weighted by molar-refractivity contribution is 7.80. The van der Waals surface area contributed by atoms with Crippen LogP contribution in [0.4, 0.5) is 20.7 Å². The second kappa shape index (κ2) is 11.7. The fourth-order valence-electron chi connectivity index (χ4n) is 2.88. The van der Waals surface area contributed by atoms with E-state index in [1.165, 1.54) is 12.1 Å². The number of pyridine rings is 1. The Labute approximate surface area is 208 Å². The number of nitrogens with one attached hydrogen (secondary N) is 2. The fourth-order valence-corrected chi connectivity index (χ4v) is 3.65. The minimum absolute atomic E-state index is 0.00322. The first kappa shape index (κ1) is 26.9. The lowest BCUT2D eigenvalue weighted by atomic mass is 10.1. The quantitative estimate of drug-likeness (QED) is 0.332. The molecule has 0 aliphatic carbocycles. The van der Waals surface area contributed by atoms with E-state index in [0.29, 0.717) is 33.9 Å². The molecule has 4 N–H and O–H groups in total. The van der Waals surface area contributed by atoms with Gasteiger partial charge in [-0.05, 0) is 74.8 Å². The predicted octanol–water partition coefficient (Wildman–Crippen LogP) is 5.47. The maximum Gasteiger partial charge on any atom is 0.410 e. The van der Waals surface area contributed by atoms with Crippen LogP contribution in [0, 0.1) is 11.9 Å². The molecule has 0 spiro atoms. The van der Waals surface area contributed by atoms with Crippen molar-refractivity contribution < 1.29 is 13.9 Å². The van der Waals surface area contributed by atoms with Crippen LogP contribution in [0.2, 0.25) is 10.0 Å². The minimum atomic E-state index is -0.672. The maximum absolute atomic E-state index is 13.1. The van der Waals surface area contributed by atoms with Gasteiger partial charge in [-0.3, -0.25) is 0 Å². The van der Waals surface area contributed by atoms with Crippen molar-refractivity contribution in [2.24, 2.45) is 5.92 Å². The number of thiocarbonyl (C=S) groups is 1. The average molecular weight is 516 g/mol. The summed E-state index contributed by atoms with van der Waals surface area (Å²) in [5.74, 6) is -0.673. The van der Waals surface area contributed by atoms with Gasteiger partial charge >= 0.3 is 6.09 Å². The van der Waals surface area contributed by atoms with Gasteiger partial charge in [-0.1, -0.05) is 30.1 Å². The molecule has 0 aliphatic heterocycles. The van der Waals surface area contributed by atoms with Gasteiger partial charge in [0.05, 0.1) is 5.69 Å². The monoisotopic (exact) mass is 515 g/mol. The summed E-state index contributed by atoms with van der Waals surface area (Å²) in [6, 6.07) is 7.79. The Kier molecular flexibility index (Phi) is 9.51. The predicted molar refractivity (Wildman–Crippen MR) is 135 cm³/mol. The summed E-state index contributed by atoms with van der Waals surface area (Å²) >= 11 is 17.5. The average Bonchev–Trinajstić information content (AvgIpc) is 2.66. The van der Waals surface area contributed by atoms with Crippen molar-refractivity contribution in [3.8, 4) is 0 Å². The van der Waals surface area contributed by atoms with E-state index in [0.717, 1.165) is 5.56 Å². The number of anilines is 2. The molecule has 2 aromatic rings. The van der Waals surface area contributed by atoms with Crippen LogP contribution in [0.1, 0.15) is 33.3 Å². The zero-order valence-corrected chi connectivity index (χ0v) is 21.2. The smallest absolute Gasteiger partial charge is 0.410 e. The first-order chi connectivity index (χ1) is 15.3. The second-order valence-electron chi connectivity index (χ2n) is 8.65. The molecule has 1 heterocycles. The number of carbonyl (C=O) groups excluding carboxylic acids is 1. The molecule has 0 saturated heterocycles. The van der Waals surface area contributed by atoms with Gasteiger partial charge in [0.25, 0.3) is 0 Å². The molecule has 0 saturated carbocycles. The zero-order chi connectivity index (χ0) is 24.8. The van der Waals surface area contributed by atoms with Crippen molar-refractivity contribution in [2.45, 2.75) is 39.8 Å². The lowest BCUT2D eigenvalue weighted by Crippen LogP contribution is -2.41. The summed E-state index contributed by atoms with van der Waals surface area (Å²) in [6.07, 6.45) is -0.448. The van der Waals surface area contributed by atoms with Crippen LogP contribution < -0.4 is 16.4 Å². The molecule has 1 aromatic heterocycles. The molecule has 1 aromatic carbocycles. The number of rotatable bonds is 7. The minimum Gasteiger partial charge on any atom is -0.444 e. The summed E-state index contributed by atoms with van der Waals surface area (Å²) in [6.45, 7) is 8.51. The van der Waals surface area contributed by atoms with E-state index in [1.54, 1.807) is 23.1 Å². The lowest BCUT2D eigenvalue weighted by molar-refractivity contribution is 0.0208. The molecule has 0 fully saturated rings. The molecule has 0 aliphatic rings. The van der Waals surface area contributed by atoms with E-state index >= 15 is 0 Å². The van der Waals surface area contributed by atoms with Gasteiger partial charge in [-0.15, -0.1) is 0 Å². The molecule has 1 atom stereocenters. The highest BCUT2D eigenvalue weighted by Gasteiger charge is 2.24. The van der Waals surface area contributed by atoms with Crippen LogP contribution >= 0.6 is 35.4 Å². The third-order valence-corrected chi connectivity index (χ3v) is 4.91. The number of halogens is 3. The number of hydrogen-bond donors (Lipinski definition) is 3. The van der Waals surface area contributed by atoms with Crippen LogP contribution in [0.3, 0.4) is 0 Å². The summed E-state index contributed by atoms with van der Waals surface area (Å²) < 4.78 is 18.7. The number of nitrogen functional groups attached to an aromatic ring is 1. The Bertz CT molecular complexity index is 983. The Morgan fingerprint density at radius 3 is 2.48 bits per heavy atom. The topological polar surface area (TPSA) is 92.5 Å². The Morgan fingerprint density at radius 1 is 1.27 bits per heavy atom. The summed E-state index contributed by atoms with van der Waals surface area (Å²) in [7, 11) is 0. The third kappa shape index (κ3) is 9.57. The van der Waals surface area contributed by atoms with Crippen LogP contribution in [0.5, 0.6) is 0 Å². The largest absolute Gasteiger partial charge is 0.444 e. The first-order valence-electron chi connectivity index (χ1n) is 10.2. The van der Waals surface area contributed by atoms with Crippen molar-refractivity contribution in [3.05, 3.63) is 51.9 Å². The molecule has 11 heteroatoms. The summed E-state index contributed by atoms with van der Waals surface area (Å²) in [4.78, 5) is 18.0. The van der Waals surface area contributed by atoms with E-state index < -0.39 is 17.6 Å². The second-order valence-corrected chi connectivity index (χ2v) is 9.93. The van der Waals surface area contributed by atoms with E-state index in [-0.39, 0.29) is 18.3 Å². The number of nitrogens with two attached hydrogens (primary N) is 1. The number of ether oxygens (including phenoxy) is 1. The summed E-state index contributed by atoms with van der Waals surface area (Å²) in [5, 5.41) is 7.23. The highest BCUT2D eigenvalue weighted by atomic mass is 35.5. The van der Waals surface area contributed by atoms with Crippen LogP contribution in [0.15, 0.2) is 30.3 Å². The van der Waals surface area contributed by atoms with Crippen molar-refractivity contribution in [3.63, 3.8) is 0 Å². The van der Waals surface area contributed by atoms with E-state index in [1.807, 2.05) is 27.7 Å². The number of benzene rings is 1. The molecule has 1 amide bonds. The fraction of sp³-hybridized carbons (Fsp3) is 0.409. The van der Waals surface area contributed by atoms with Gasteiger partial charge in [0.15, 0.2) is 10.9 Å². The van der Waals surface area contributed by atoms with Crippen molar-refractivity contribution in [1.29, 1.82) is 0 Å². The van der Waals surface area contributed by atoms with Gasteiger partial charge in [0.2, 0.25) is 5.95 Å². The van der Waals surface area contributed by atoms with E-state index in [2.05, 4.69) is 15.6 Å². The van der Waals surface area contributed by atoms with Gasteiger partial charge in [0.1, 0.15) is 5.60 Å². The molecule has 33 heavy (non-hydrogen) atoms. The summed E-state index contributed by atoms with van der Waals surface area (Å²) in [5.41, 5.74) is 6.24. The molecular weight excluding hydrogens is 488 g/mol. The van der Waals surface area contributed by atoms with Crippen LogP contribution in [-0.2, 0) is 11.3 Å². The number of amides is 1. The molecule has 180 valence electrons. The van der Waals surface area contributed by atoms with Crippen molar-refractivity contribution in [1.82, 2.24) is 15.2 Å². The standard InChI is InChI=1S/C22H28Cl2FN5O2S/c1-13(10-27-20(33)28-17-5-6-18(25)29-19(17)26)11-30(21(31)32-22(2,3)4)12-14-7-15(23)9-16(24)8-14/h5-9,13H,10-12H2,1-4H3,(H2,26,29)(H2,27,28,33)/t13-/m1/s1. The Hall–Kier alpha value is -2.36. The molecule has 7 nitrogen and oxygen atoms in total. The normalized spacial score (nSPS) is 12.1. The first-order valence-corrected chi connectivity index (χ1v) is 11.4. The van der Waals surface area contributed by atoms with Gasteiger partial charge < -0.3 is 26.0 Å².